The number of carbonyl (C=O) groups is 2. The number of ether oxygens (including phenoxy) is 3. The van der Waals surface area contributed by atoms with E-state index in [0.29, 0.717) is 27.9 Å². The maximum Gasteiger partial charge on any atom is 0.339 e. The quantitative estimate of drug-likeness (QED) is 0.788. The highest BCUT2D eigenvalue weighted by molar-refractivity contribution is 6.32. The van der Waals surface area contributed by atoms with E-state index < -0.39 is 12.0 Å². The molecule has 2 rings (SSSR count). The summed E-state index contributed by atoms with van der Waals surface area (Å²) < 4.78 is 15.0. The van der Waals surface area contributed by atoms with Crippen LogP contribution in [0.25, 0.3) is 0 Å². The van der Waals surface area contributed by atoms with Crippen LogP contribution in [-0.2, 0) is 4.74 Å². The van der Waals surface area contributed by atoms with Gasteiger partial charge in [0.1, 0.15) is 11.5 Å². The van der Waals surface area contributed by atoms with E-state index in [1.54, 1.807) is 24.3 Å². The molecule has 0 bridgehead atoms. The lowest BCUT2D eigenvalue weighted by Gasteiger charge is -2.14. The van der Waals surface area contributed by atoms with E-state index in [1.165, 1.54) is 33.5 Å². The molecule has 0 unspecified atom stereocenters. The second-order valence-corrected chi connectivity index (χ2v) is 5.21. The SMILES string of the molecule is COC(=O)c1ccccc1NC(=O)Nc1cc(OC)c(Cl)cc1OC. The lowest BCUT2D eigenvalue weighted by atomic mass is 10.2. The lowest BCUT2D eigenvalue weighted by molar-refractivity contribution is 0.0602. The fourth-order valence-corrected chi connectivity index (χ4v) is 2.34. The predicted octanol–water partition coefficient (Wildman–Crippen LogP) is 3.79. The Labute approximate surface area is 149 Å². The maximum absolute atomic E-state index is 12.3. The van der Waals surface area contributed by atoms with Crippen LogP contribution in [-0.4, -0.2) is 33.3 Å². The summed E-state index contributed by atoms with van der Waals surface area (Å²) in [5, 5.41) is 5.58. The first-order valence-corrected chi connectivity index (χ1v) is 7.54. The molecule has 0 saturated carbocycles. The van der Waals surface area contributed by atoms with Crippen molar-refractivity contribution in [3.05, 3.63) is 47.0 Å². The standard InChI is InChI=1S/C17H17ClN2O5/c1-23-14-9-13(15(24-2)8-11(14)18)20-17(22)19-12-7-5-4-6-10(12)16(21)25-3/h4-9H,1-3H3,(H2,19,20,22). The van der Waals surface area contributed by atoms with Gasteiger partial charge >= 0.3 is 12.0 Å². The average molecular weight is 365 g/mol. The van der Waals surface area contributed by atoms with Gasteiger partial charge in [-0.15, -0.1) is 0 Å². The molecule has 2 amide bonds. The highest BCUT2D eigenvalue weighted by atomic mass is 35.5. The predicted molar refractivity (Wildman–Crippen MR) is 95.0 cm³/mol. The number of para-hydroxylation sites is 1. The topological polar surface area (TPSA) is 85.9 Å². The van der Waals surface area contributed by atoms with Gasteiger partial charge in [-0.25, -0.2) is 9.59 Å². The van der Waals surface area contributed by atoms with Crippen LogP contribution in [0, 0.1) is 0 Å². The van der Waals surface area contributed by atoms with E-state index in [4.69, 9.17) is 25.8 Å². The van der Waals surface area contributed by atoms with E-state index in [-0.39, 0.29) is 5.56 Å². The van der Waals surface area contributed by atoms with Crippen LogP contribution in [0.3, 0.4) is 0 Å². The van der Waals surface area contributed by atoms with E-state index in [2.05, 4.69) is 10.6 Å². The number of benzene rings is 2. The summed E-state index contributed by atoms with van der Waals surface area (Å²) in [5.74, 6) is 0.191. The minimum Gasteiger partial charge on any atom is -0.495 e. The third-order valence-corrected chi connectivity index (χ3v) is 3.60. The minimum atomic E-state index is -0.570. The van der Waals surface area contributed by atoms with Crippen LogP contribution >= 0.6 is 11.6 Å². The van der Waals surface area contributed by atoms with Crippen molar-refractivity contribution in [2.24, 2.45) is 0 Å². The number of anilines is 2. The lowest BCUT2D eigenvalue weighted by Crippen LogP contribution is -2.21. The largest absolute Gasteiger partial charge is 0.495 e. The molecule has 0 aliphatic heterocycles. The molecular formula is C17H17ClN2O5. The molecule has 7 nitrogen and oxygen atoms in total. The molecule has 2 aromatic rings. The van der Waals surface area contributed by atoms with Crippen LogP contribution in [0.4, 0.5) is 16.2 Å². The Morgan fingerprint density at radius 1 is 0.920 bits per heavy atom. The molecule has 0 fully saturated rings. The van der Waals surface area contributed by atoms with Crippen molar-refractivity contribution in [1.29, 1.82) is 0 Å². The Kier molecular flexibility index (Phi) is 6.08. The Morgan fingerprint density at radius 3 is 2.20 bits per heavy atom. The Morgan fingerprint density at radius 2 is 1.56 bits per heavy atom. The number of nitrogens with one attached hydrogen (secondary N) is 2. The first-order chi connectivity index (χ1) is 12.0. The minimum absolute atomic E-state index is 0.237. The average Bonchev–Trinajstić information content (AvgIpc) is 2.62. The summed E-state index contributed by atoms with van der Waals surface area (Å²) in [6, 6.07) is 8.99. The van der Waals surface area contributed by atoms with E-state index >= 15 is 0 Å². The second-order valence-electron chi connectivity index (χ2n) is 4.80. The summed E-state index contributed by atoms with van der Waals surface area (Å²) in [4.78, 5) is 24.0. The van der Waals surface area contributed by atoms with Crippen molar-refractivity contribution in [3.63, 3.8) is 0 Å². The van der Waals surface area contributed by atoms with Gasteiger partial charge in [0.15, 0.2) is 0 Å². The van der Waals surface area contributed by atoms with E-state index in [1.807, 2.05) is 0 Å². The first-order valence-electron chi connectivity index (χ1n) is 7.17. The summed E-state index contributed by atoms with van der Waals surface area (Å²) in [6.07, 6.45) is 0. The summed E-state index contributed by atoms with van der Waals surface area (Å²) in [6.45, 7) is 0. The molecule has 0 saturated heterocycles. The molecule has 2 aromatic carbocycles. The monoisotopic (exact) mass is 364 g/mol. The fourth-order valence-electron chi connectivity index (χ4n) is 2.11. The van der Waals surface area contributed by atoms with Gasteiger partial charge < -0.3 is 24.8 Å². The van der Waals surface area contributed by atoms with Gasteiger partial charge in [0.2, 0.25) is 0 Å². The number of rotatable bonds is 5. The van der Waals surface area contributed by atoms with E-state index in [0.717, 1.165) is 0 Å². The zero-order chi connectivity index (χ0) is 18.4. The van der Waals surface area contributed by atoms with Crippen molar-refractivity contribution in [1.82, 2.24) is 0 Å². The molecule has 0 radical (unpaired) electrons. The molecule has 8 heteroatoms. The molecular weight excluding hydrogens is 348 g/mol. The Balaban J connectivity index is 2.23. The van der Waals surface area contributed by atoms with Crippen molar-refractivity contribution >= 4 is 35.0 Å². The Bertz CT molecular complexity index is 795. The van der Waals surface area contributed by atoms with Crippen molar-refractivity contribution in [2.45, 2.75) is 0 Å². The van der Waals surface area contributed by atoms with Crippen LogP contribution in [0.5, 0.6) is 11.5 Å². The van der Waals surface area contributed by atoms with Crippen LogP contribution in [0.15, 0.2) is 36.4 Å². The zero-order valence-electron chi connectivity index (χ0n) is 13.9. The number of carbonyl (C=O) groups excluding carboxylic acids is 2. The van der Waals surface area contributed by atoms with Gasteiger partial charge in [-0.3, -0.25) is 0 Å². The molecule has 2 N–H and O–H groups in total. The molecule has 0 aromatic heterocycles. The Hall–Kier alpha value is -2.93. The van der Waals surface area contributed by atoms with Crippen molar-refractivity contribution in [2.75, 3.05) is 32.0 Å². The number of halogens is 1. The summed E-state index contributed by atoms with van der Waals surface area (Å²) >= 11 is 6.03. The van der Waals surface area contributed by atoms with Crippen LogP contribution in [0.1, 0.15) is 10.4 Å². The number of hydrogen-bond acceptors (Lipinski definition) is 5. The van der Waals surface area contributed by atoms with Gasteiger partial charge in [-0.05, 0) is 12.1 Å². The van der Waals surface area contributed by atoms with Gasteiger partial charge in [0.25, 0.3) is 0 Å². The summed E-state index contributed by atoms with van der Waals surface area (Å²) in [5.41, 5.74) is 0.907. The third kappa shape index (κ3) is 4.33. The smallest absolute Gasteiger partial charge is 0.339 e. The second kappa shape index (κ2) is 8.25. The normalized spacial score (nSPS) is 9.92. The molecule has 0 heterocycles. The molecule has 25 heavy (non-hydrogen) atoms. The fraction of sp³-hybridized carbons (Fsp3) is 0.176. The van der Waals surface area contributed by atoms with Gasteiger partial charge in [0.05, 0.1) is 43.3 Å². The van der Waals surface area contributed by atoms with Gasteiger partial charge in [0, 0.05) is 12.1 Å². The van der Waals surface area contributed by atoms with Gasteiger partial charge in [-0.1, -0.05) is 23.7 Å². The van der Waals surface area contributed by atoms with Crippen LogP contribution in [0.2, 0.25) is 5.02 Å². The molecule has 0 aliphatic carbocycles. The maximum atomic E-state index is 12.3. The number of methoxy groups -OCH3 is 3. The van der Waals surface area contributed by atoms with Gasteiger partial charge in [-0.2, -0.15) is 0 Å². The zero-order valence-corrected chi connectivity index (χ0v) is 14.6. The van der Waals surface area contributed by atoms with E-state index in [9.17, 15) is 9.59 Å². The molecule has 0 aliphatic rings. The highest BCUT2D eigenvalue weighted by Crippen LogP contribution is 2.35. The number of esters is 1. The number of hydrogen-bond donors (Lipinski definition) is 2. The summed E-state index contributed by atoms with van der Waals surface area (Å²) in [7, 11) is 4.18. The molecule has 0 spiro atoms. The molecule has 132 valence electrons. The first kappa shape index (κ1) is 18.4. The van der Waals surface area contributed by atoms with Crippen LogP contribution < -0.4 is 20.1 Å². The third-order valence-electron chi connectivity index (χ3n) is 3.30. The number of urea groups is 1. The number of amides is 2. The van der Waals surface area contributed by atoms with Crippen molar-refractivity contribution in [3.8, 4) is 11.5 Å². The highest BCUT2D eigenvalue weighted by Gasteiger charge is 2.16. The molecule has 0 atom stereocenters. The van der Waals surface area contributed by atoms with Crippen molar-refractivity contribution < 1.29 is 23.8 Å².